The predicted molar refractivity (Wildman–Crippen MR) is 280 cm³/mol. The molecule has 83 heavy (non-hydrogen) atoms. The summed E-state index contributed by atoms with van der Waals surface area (Å²) < 4.78 is 66.7. The van der Waals surface area contributed by atoms with Crippen molar-refractivity contribution in [1.29, 1.82) is 0 Å². The van der Waals surface area contributed by atoms with Gasteiger partial charge in [0.2, 0.25) is 0 Å². The number of allylic oxidation sites excluding steroid dienone is 1. The number of hydrogen-bond donors (Lipinski definition) is 15. The smallest absolute Gasteiger partial charge is 0.187 e. The third-order valence-electron chi connectivity index (χ3n) is 21.5. The molecule has 478 valence electrons. The second-order valence-corrected chi connectivity index (χ2v) is 26.6. The molecule has 0 aromatic heterocycles. The molecule has 26 heteroatoms. The van der Waals surface area contributed by atoms with Crippen LogP contribution in [0.1, 0.15) is 106 Å². The predicted octanol–water partition coefficient (Wildman–Crippen LogP) is -3.13. The molecule has 6 heterocycles. The standard InChI is InChI=1S/C57H94O26/c1-21(20-73-50-42(67)40(65)37(62)32(18-58)78-50)10-15-57(72)22(2)34-31(83-57)17-30-28-9-8-26-16-27(11-13-55(26,6)29(28)12-14-56(30,34)7)77-54-49(82-52-44(69)39(64)36(61)24(4)75-52)46(71)48(33(19-59)79-54)81-53-45(70)41(66)47(25(5)76-53)80-51-43(68)38(63)35(60)23(3)74-51/h8,21-25,27-54,58-72H,9-20H2,1-7H3/t21-,22+,23+,24+,25+,27+,28-,29+,30+,31+,32-,33-,34+,35+,36+,37-,38-,39-,40+,41+,42-,43-,44-,45-,46+,47+,48-,49-,50-,51+,52+,53+,54-,55+,56+,57-/m1/s1. The lowest BCUT2D eigenvalue weighted by Crippen LogP contribution is -2.67. The molecule has 0 amide bonds. The Balaban J connectivity index is 0.786. The molecule has 26 nitrogen and oxygen atoms in total. The fourth-order valence-corrected chi connectivity index (χ4v) is 16.4. The summed E-state index contributed by atoms with van der Waals surface area (Å²) in [6.45, 7) is 12.0. The molecular formula is C57H94O26. The molecule has 0 radical (unpaired) electrons. The van der Waals surface area contributed by atoms with Crippen LogP contribution in [0.4, 0.5) is 0 Å². The van der Waals surface area contributed by atoms with Crippen LogP contribution < -0.4 is 0 Å². The minimum absolute atomic E-state index is 0.0864. The zero-order chi connectivity index (χ0) is 60.1. The van der Waals surface area contributed by atoms with Gasteiger partial charge in [0.25, 0.3) is 0 Å². The number of ether oxygens (including phenoxy) is 11. The van der Waals surface area contributed by atoms with Crippen molar-refractivity contribution in [3.05, 3.63) is 11.6 Å². The van der Waals surface area contributed by atoms with Gasteiger partial charge in [-0.2, -0.15) is 0 Å². The van der Waals surface area contributed by atoms with E-state index in [-0.39, 0.29) is 41.3 Å². The quantitative estimate of drug-likeness (QED) is 0.0680. The second kappa shape index (κ2) is 25.2. The van der Waals surface area contributed by atoms with Crippen molar-refractivity contribution in [1.82, 2.24) is 0 Å². The van der Waals surface area contributed by atoms with Crippen molar-refractivity contribution >= 4 is 0 Å². The largest absolute Gasteiger partial charge is 0.394 e. The van der Waals surface area contributed by atoms with Crippen LogP contribution in [0.3, 0.4) is 0 Å². The third-order valence-corrected chi connectivity index (χ3v) is 21.5. The Labute approximate surface area is 483 Å². The summed E-state index contributed by atoms with van der Waals surface area (Å²) in [7, 11) is 0. The molecule has 4 aliphatic carbocycles. The summed E-state index contributed by atoms with van der Waals surface area (Å²) in [6, 6.07) is 0. The molecule has 0 bridgehead atoms. The Morgan fingerprint density at radius 1 is 0.566 bits per heavy atom. The van der Waals surface area contributed by atoms with Gasteiger partial charge in [-0.25, -0.2) is 0 Å². The highest BCUT2D eigenvalue weighted by Crippen LogP contribution is 2.70. The van der Waals surface area contributed by atoms with Crippen LogP contribution in [0.2, 0.25) is 0 Å². The van der Waals surface area contributed by atoms with Gasteiger partial charge in [0.1, 0.15) is 104 Å². The van der Waals surface area contributed by atoms with Gasteiger partial charge in [0.05, 0.1) is 50.3 Å². The van der Waals surface area contributed by atoms with E-state index < -0.39 is 179 Å². The van der Waals surface area contributed by atoms with Gasteiger partial charge in [-0.3, -0.25) is 0 Å². The normalized spacial score (nSPS) is 55.9. The first-order valence-electron chi connectivity index (χ1n) is 30.1. The van der Waals surface area contributed by atoms with E-state index in [1.54, 1.807) is 0 Å². The van der Waals surface area contributed by atoms with Gasteiger partial charge >= 0.3 is 0 Å². The lowest BCUT2D eigenvalue weighted by atomic mass is 9.47. The zero-order valence-corrected chi connectivity index (χ0v) is 48.3. The molecule has 0 aromatic carbocycles. The van der Waals surface area contributed by atoms with Gasteiger partial charge in [0.15, 0.2) is 37.2 Å². The van der Waals surface area contributed by atoms with Crippen LogP contribution in [-0.4, -0.2) is 268 Å². The van der Waals surface area contributed by atoms with Crippen molar-refractivity contribution in [2.75, 3.05) is 19.8 Å². The molecule has 6 aliphatic heterocycles. The van der Waals surface area contributed by atoms with Crippen LogP contribution in [-0.2, 0) is 52.1 Å². The Morgan fingerprint density at radius 3 is 1.75 bits per heavy atom. The van der Waals surface area contributed by atoms with Crippen molar-refractivity contribution < 1.29 is 129 Å². The lowest BCUT2D eigenvalue weighted by molar-refractivity contribution is -0.394. The number of fused-ring (bicyclic) bond motifs is 7. The number of aliphatic hydroxyl groups is 15. The highest BCUT2D eigenvalue weighted by molar-refractivity contribution is 5.26. The summed E-state index contributed by atoms with van der Waals surface area (Å²) in [4.78, 5) is 0. The molecule has 0 aromatic rings. The number of aliphatic hydroxyl groups excluding tert-OH is 14. The molecule has 6 saturated heterocycles. The Hall–Kier alpha value is -1.30. The maximum absolute atomic E-state index is 12.3. The fraction of sp³-hybridized carbons (Fsp3) is 0.965. The van der Waals surface area contributed by atoms with E-state index in [1.165, 1.54) is 26.3 Å². The molecule has 9 fully saturated rings. The Bertz CT molecular complexity index is 2200. The van der Waals surface area contributed by atoms with E-state index in [1.807, 2.05) is 6.92 Å². The topological polar surface area (TPSA) is 405 Å². The summed E-state index contributed by atoms with van der Waals surface area (Å²) in [5.41, 5.74) is 0.970. The van der Waals surface area contributed by atoms with E-state index >= 15 is 0 Å². The maximum Gasteiger partial charge on any atom is 0.187 e. The zero-order valence-electron chi connectivity index (χ0n) is 48.3. The SMILES string of the molecule is C[C@H](CC[C@@]1(O)O[C@H]2C[C@H]3[C@@H]4CC=C5C[C@@H](O[C@@H]6O[C@H](CO)[C@@H](O[C@@H]7O[C@@H](C)[C@H](O[C@@H]8O[C@@H](C)[C@H](O)[C@@H](O)[C@H]8O)[C@@H](O)[C@H]7O)[C@H](O)[C@H]6O[C@@H]6O[C@@H](C)[C@H](O)[C@@H](O)[C@H]6O)CC[C@]5(C)[C@H]4CC[C@]3(C)[C@H]2[C@@H]1C)CO[C@@H]1O[C@H](CO)[C@@H](O)[C@H](O)[C@H]1O. The van der Waals surface area contributed by atoms with E-state index in [9.17, 15) is 76.6 Å². The van der Waals surface area contributed by atoms with Crippen LogP contribution in [0.5, 0.6) is 0 Å². The van der Waals surface area contributed by atoms with Gasteiger partial charge in [0, 0.05) is 12.3 Å². The van der Waals surface area contributed by atoms with Crippen LogP contribution in [0.25, 0.3) is 0 Å². The molecular weight excluding hydrogens is 1100 g/mol. The van der Waals surface area contributed by atoms with Crippen molar-refractivity contribution in [2.24, 2.45) is 46.3 Å². The molecule has 3 saturated carbocycles. The first-order chi connectivity index (χ1) is 39.2. The number of rotatable bonds is 16. The first kappa shape index (κ1) is 64.7. The average molecular weight is 1200 g/mol. The Morgan fingerprint density at radius 2 is 1.12 bits per heavy atom. The van der Waals surface area contributed by atoms with Crippen LogP contribution in [0, 0.1) is 46.3 Å². The molecule has 0 spiro atoms. The monoisotopic (exact) mass is 1190 g/mol. The maximum atomic E-state index is 12.3. The molecule has 10 rings (SSSR count). The van der Waals surface area contributed by atoms with Crippen molar-refractivity contribution in [3.8, 4) is 0 Å². The van der Waals surface area contributed by atoms with E-state index in [4.69, 9.17) is 52.1 Å². The van der Waals surface area contributed by atoms with E-state index in [0.29, 0.717) is 43.4 Å². The van der Waals surface area contributed by atoms with Crippen LogP contribution >= 0.6 is 0 Å². The average Bonchev–Trinajstić information content (AvgIpc) is 2.29. The molecule has 0 unspecified atom stereocenters. The summed E-state index contributed by atoms with van der Waals surface area (Å²) >= 11 is 0. The molecule has 15 N–H and O–H groups in total. The summed E-state index contributed by atoms with van der Waals surface area (Å²) in [5.74, 6) is -0.409. The van der Waals surface area contributed by atoms with E-state index in [0.717, 1.165) is 32.1 Å². The van der Waals surface area contributed by atoms with Gasteiger partial charge in [-0.15, -0.1) is 0 Å². The molecule has 10 aliphatic rings. The summed E-state index contributed by atoms with van der Waals surface area (Å²) in [6.07, 6.45) is -29.2. The van der Waals surface area contributed by atoms with Crippen LogP contribution in [0.15, 0.2) is 11.6 Å². The van der Waals surface area contributed by atoms with Crippen molar-refractivity contribution in [2.45, 2.75) is 278 Å². The van der Waals surface area contributed by atoms with Crippen molar-refractivity contribution in [3.63, 3.8) is 0 Å². The first-order valence-corrected chi connectivity index (χ1v) is 30.1. The Kier molecular flexibility index (Phi) is 19.6. The lowest BCUT2D eigenvalue weighted by Gasteiger charge is -2.58. The highest BCUT2D eigenvalue weighted by atomic mass is 16.8. The van der Waals surface area contributed by atoms with Gasteiger partial charge < -0.3 is 129 Å². The minimum Gasteiger partial charge on any atom is -0.394 e. The second-order valence-electron chi connectivity index (χ2n) is 26.6. The van der Waals surface area contributed by atoms with E-state index in [2.05, 4.69) is 26.8 Å². The van der Waals surface area contributed by atoms with Gasteiger partial charge in [-0.1, -0.05) is 39.3 Å². The van der Waals surface area contributed by atoms with Gasteiger partial charge in [-0.05, 0) is 113 Å². The minimum atomic E-state index is -1.88. The molecule has 36 atom stereocenters. The highest BCUT2D eigenvalue weighted by Gasteiger charge is 2.68. The fourth-order valence-electron chi connectivity index (χ4n) is 16.4. The third kappa shape index (κ3) is 11.8. The number of hydrogen-bond acceptors (Lipinski definition) is 26. The summed E-state index contributed by atoms with van der Waals surface area (Å²) in [5, 5.41) is 162.